The van der Waals surface area contributed by atoms with Gasteiger partial charge in [-0.05, 0) is 24.8 Å². The van der Waals surface area contributed by atoms with Gasteiger partial charge in [-0.3, -0.25) is 0 Å². The molecule has 1 aromatic heterocycles. The van der Waals surface area contributed by atoms with Gasteiger partial charge < -0.3 is 15.7 Å². The van der Waals surface area contributed by atoms with Crippen LogP contribution in [0.5, 0.6) is 0 Å². The van der Waals surface area contributed by atoms with Crippen molar-refractivity contribution in [1.29, 1.82) is 0 Å². The number of amides is 2. The van der Waals surface area contributed by atoms with Gasteiger partial charge in [-0.15, -0.1) is 0 Å². The SMILES string of the molecule is CSC(C)CCNC(=O)Nc1ccc(C(=O)O)nc1. The Morgan fingerprint density at radius 2 is 2.21 bits per heavy atom. The highest BCUT2D eigenvalue weighted by Crippen LogP contribution is 2.08. The van der Waals surface area contributed by atoms with E-state index in [-0.39, 0.29) is 11.7 Å². The highest BCUT2D eigenvalue weighted by molar-refractivity contribution is 7.99. The van der Waals surface area contributed by atoms with E-state index >= 15 is 0 Å². The molecule has 2 amide bonds. The topological polar surface area (TPSA) is 91.3 Å². The summed E-state index contributed by atoms with van der Waals surface area (Å²) in [6, 6.07) is 2.52. The normalized spacial score (nSPS) is 11.7. The van der Waals surface area contributed by atoms with Crippen molar-refractivity contribution in [2.75, 3.05) is 18.1 Å². The molecule has 7 heteroatoms. The predicted octanol–water partition coefficient (Wildman–Crippen LogP) is 2.04. The number of thioether (sulfide) groups is 1. The van der Waals surface area contributed by atoms with Gasteiger partial charge in [-0.25, -0.2) is 14.6 Å². The Balaban J connectivity index is 2.38. The molecular formula is C12H17N3O3S. The molecule has 0 bridgehead atoms. The Morgan fingerprint density at radius 3 is 2.74 bits per heavy atom. The zero-order chi connectivity index (χ0) is 14.3. The smallest absolute Gasteiger partial charge is 0.354 e. The second-order valence-electron chi connectivity index (χ2n) is 3.95. The van der Waals surface area contributed by atoms with Gasteiger partial charge in [0.25, 0.3) is 0 Å². The Hall–Kier alpha value is -1.76. The standard InChI is InChI=1S/C12H17N3O3S/c1-8(19-2)5-6-13-12(18)15-9-3-4-10(11(16)17)14-7-9/h3-4,7-8H,5-6H2,1-2H3,(H,16,17)(H2,13,15,18). The average molecular weight is 283 g/mol. The Kier molecular flexibility index (Phi) is 6.14. The lowest BCUT2D eigenvalue weighted by atomic mass is 10.3. The highest BCUT2D eigenvalue weighted by atomic mass is 32.2. The van der Waals surface area contributed by atoms with Crippen LogP contribution in [0.25, 0.3) is 0 Å². The van der Waals surface area contributed by atoms with Crippen LogP contribution in [0.3, 0.4) is 0 Å². The van der Waals surface area contributed by atoms with Gasteiger partial charge in [0, 0.05) is 11.8 Å². The molecule has 1 atom stereocenters. The maximum absolute atomic E-state index is 11.5. The summed E-state index contributed by atoms with van der Waals surface area (Å²) >= 11 is 1.75. The molecule has 0 radical (unpaired) electrons. The van der Waals surface area contributed by atoms with E-state index in [0.717, 1.165) is 6.42 Å². The maximum atomic E-state index is 11.5. The van der Waals surface area contributed by atoms with Gasteiger partial charge in [-0.1, -0.05) is 6.92 Å². The van der Waals surface area contributed by atoms with Crippen molar-refractivity contribution in [3.8, 4) is 0 Å². The van der Waals surface area contributed by atoms with E-state index in [0.29, 0.717) is 17.5 Å². The number of rotatable bonds is 6. The number of carboxylic acid groups (broad SMARTS) is 1. The zero-order valence-electron chi connectivity index (χ0n) is 10.8. The van der Waals surface area contributed by atoms with Gasteiger partial charge in [0.1, 0.15) is 5.69 Å². The molecule has 0 saturated carbocycles. The van der Waals surface area contributed by atoms with Crippen LogP contribution in [0, 0.1) is 0 Å². The molecule has 1 rings (SSSR count). The number of hydrogen-bond acceptors (Lipinski definition) is 4. The van der Waals surface area contributed by atoms with Crippen LogP contribution in [-0.4, -0.2) is 40.1 Å². The predicted molar refractivity (Wildman–Crippen MR) is 75.8 cm³/mol. The maximum Gasteiger partial charge on any atom is 0.354 e. The van der Waals surface area contributed by atoms with Crippen LogP contribution >= 0.6 is 11.8 Å². The second-order valence-corrected chi connectivity index (χ2v) is 5.23. The fourth-order valence-electron chi connectivity index (χ4n) is 1.28. The largest absolute Gasteiger partial charge is 0.477 e. The quantitative estimate of drug-likeness (QED) is 0.743. The van der Waals surface area contributed by atoms with Crippen LogP contribution in [0.4, 0.5) is 10.5 Å². The number of nitrogens with one attached hydrogen (secondary N) is 2. The minimum absolute atomic E-state index is 0.0558. The lowest BCUT2D eigenvalue weighted by Gasteiger charge is -2.10. The molecule has 0 aliphatic rings. The van der Waals surface area contributed by atoms with Crippen LogP contribution in [-0.2, 0) is 0 Å². The summed E-state index contributed by atoms with van der Waals surface area (Å²) in [5.74, 6) is -1.10. The Labute approximate surface area is 116 Å². The Bertz CT molecular complexity index is 436. The molecule has 0 saturated heterocycles. The monoisotopic (exact) mass is 283 g/mol. The third-order valence-corrected chi connectivity index (χ3v) is 3.52. The number of pyridine rings is 1. The van der Waals surface area contributed by atoms with Gasteiger partial charge in [0.15, 0.2) is 0 Å². The molecule has 1 heterocycles. The van der Waals surface area contributed by atoms with Gasteiger partial charge in [0.2, 0.25) is 0 Å². The first-order chi connectivity index (χ1) is 9.02. The summed E-state index contributed by atoms with van der Waals surface area (Å²) in [5, 5.41) is 14.5. The third-order valence-electron chi connectivity index (χ3n) is 2.48. The number of urea groups is 1. The average Bonchev–Trinajstić information content (AvgIpc) is 2.39. The number of hydrogen-bond donors (Lipinski definition) is 3. The van der Waals surface area contributed by atoms with Crippen LogP contribution in [0.15, 0.2) is 18.3 Å². The first kappa shape index (κ1) is 15.3. The third kappa shape index (κ3) is 5.60. The van der Waals surface area contributed by atoms with E-state index in [1.54, 1.807) is 11.8 Å². The number of carbonyl (C=O) groups is 2. The Morgan fingerprint density at radius 1 is 1.47 bits per heavy atom. The molecule has 1 aromatic rings. The number of anilines is 1. The van der Waals surface area contributed by atoms with Crippen LogP contribution < -0.4 is 10.6 Å². The van der Waals surface area contributed by atoms with Crippen molar-refractivity contribution in [2.24, 2.45) is 0 Å². The van der Waals surface area contributed by atoms with Crippen LogP contribution in [0.2, 0.25) is 0 Å². The summed E-state index contributed by atoms with van der Waals surface area (Å²) < 4.78 is 0. The summed E-state index contributed by atoms with van der Waals surface area (Å²) in [4.78, 5) is 25.8. The summed E-state index contributed by atoms with van der Waals surface area (Å²) in [6.07, 6.45) is 4.23. The van der Waals surface area contributed by atoms with Crippen molar-refractivity contribution in [2.45, 2.75) is 18.6 Å². The molecule has 3 N–H and O–H groups in total. The lowest BCUT2D eigenvalue weighted by Crippen LogP contribution is -2.30. The molecular weight excluding hydrogens is 266 g/mol. The summed E-state index contributed by atoms with van der Waals surface area (Å²) in [5.41, 5.74) is 0.403. The van der Waals surface area contributed by atoms with Gasteiger partial charge in [0.05, 0.1) is 11.9 Å². The van der Waals surface area contributed by atoms with Gasteiger partial charge in [-0.2, -0.15) is 11.8 Å². The minimum atomic E-state index is -1.10. The van der Waals surface area contributed by atoms with E-state index in [9.17, 15) is 9.59 Å². The van der Waals surface area contributed by atoms with E-state index in [1.807, 2.05) is 6.26 Å². The first-order valence-electron chi connectivity index (χ1n) is 5.80. The molecule has 0 aliphatic heterocycles. The highest BCUT2D eigenvalue weighted by Gasteiger charge is 2.06. The van der Waals surface area contributed by atoms with E-state index in [4.69, 9.17) is 5.11 Å². The van der Waals surface area contributed by atoms with E-state index in [1.165, 1.54) is 18.3 Å². The van der Waals surface area contributed by atoms with Crippen LogP contribution in [0.1, 0.15) is 23.8 Å². The number of carboxylic acids is 1. The molecule has 6 nitrogen and oxygen atoms in total. The zero-order valence-corrected chi connectivity index (χ0v) is 11.7. The molecule has 0 spiro atoms. The first-order valence-corrected chi connectivity index (χ1v) is 7.08. The number of nitrogens with zero attached hydrogens (tertiary/aromatic N) is 1. The summed E-state index contributed by atoms with van der Waals surface area (Å²) in [6.45, 7) is 2.69. The van der Waals surface area contributed by atoms with Crippen molar-refractivity contribution in [3.05, 3.63) is 24.0 Å². The van der Waals surface area contributed by atoms with E-state index in [2.05, 4.69) is 22.5 Å². The molecule has 19 heavy (non-hydrogen) atoms. The lowest BCUT2D eigenvalue weighted by molar-refractivity contribution is 0.0690. The van der Waals surface area contributed by atoms with Crippen molar-refractivity contribution in [3.63, 3.8) is 0 Å². The molecule has 0 aliphatic carbocycles. The fraction of sp³-hybridized carbons (Fsp3) is 0.417. The summed E-state index contributed by atoms with van der Waals surface area (Å²) in [7, 11) is 0. The van der Waals surface area contributed by atoms with Crippen molar-refractivity contribution >= 4 is 29.4 Å². The number of carbonyl (C=O) groups excluding carboxylic acids is 1. The van der Waals surface area contributed by atoms with Crippen molar-refractivity contribution < 1.29 is 14.7 Å². The molecule has 0 fully saturated rings. The van der Waals surface area contributed by atoms with Crippen molar-refractivity contribution in [1.82, 2.24) is 10.3 Å². The fourth-order valence-corrected chi connectivity index (χ4v) is 1.63. The molecule has 1 unspecified atom stereocenters. The van der Waals surface area contributed by atoms with E-state index < -0.39 is 5.97 Å². The molecule has 0 aromatic carbocycles. The number of aromatic nitrogens is 1. The minimum Gasteiger partial charge on any atom is -0.477 e. The number of aromatic carboxylic acids is 1. The van der Waals surface area contributed by atoms with Gasteiger partial charge >= 0.3 is 12.0 Å². The molecule has 104 valence electrons. The second kappa shape index (κ2) is 7.63.